The normalized spacial score (nSPS) is 10.8. The summed E-state index contributed by atoms with van der Waals surface area (Å²) >= 11 is 0. The maximum atomic E-state index is 11.8. The highest BCUT2D eigenvalue weighted by atomic mass is 16.5. The molecule has 0 fully saturated rings. The molecule has 2 N–H and O–H groups in total. The van der Waals surface area contributed by atoms with Crippen molar-refractivity contribution in [2.24, 2.45) is 0 Å². The first-order chi connectivity index (χ1) is 11.4. The fraction of sp³-hybridized carbons (Fsp3) is 0.278. The van der Waals surface area contributed by atoms with Gasteiger partial charge in [-0.1, -0.05) is 39.0 Å². The van der Waals surface area contributed by atoms with Crippen molar-refractivity contribution in [1.82, 2.24) is 15.8 Å². The summed E-state index contributed by atoms with van der Waals surface area (Å²) < 4.78 is 5.59. The Morgan fingerprint density at radius 3 is 2.50 bits per heavy atom. The van der Waals surface area contributed by atoms with Crippen molar-refractivity contribution >= 4 is 11.8 Å². The Bertz CT molecular complexity index is 709. The van der Waals surface area contributed by atoms with Gasteiger partial charge in [0.05, 0.1) is 5.56 Å². The molecule has 2 amide bonds. The predicted molar refractivity (Wildman–Crippen MR) is 90.5 cm³/mol. The minimum atomic E-state index is -0.448. The lowest BCUT2D eigenvalue weighted by Gasteiger charge is -2.22. The number of para-hydroxylation sites is 1. The van der Waals surface area contributed by atoms with Gasteiger partial charge in [0.2, 0.25) is 0 Å². The molecule has 0 bridgehead atoms. The van der Waals surface area contributed by atoms with E-state index >= 15 is 0 Å². The summed E-state index contributed by atoms with van der Waals surface area (Å²) in [6.45, 7) is 6.02. The molecule has 1 aromatic heterocycles. The lowest BCUT2D eigenvalue weighted by atomic mass is 9.86. The molecule has 6 heteroatoms. The Morgan fingerprint density at radius 1 is 1.08 bits per heavy atom. The third-order valence-corrected chi connectivity index (χ3v) is 3.29. The smallest absolute Gasteiger partial charge is 0.276 e. The molecule has 0 radical (unpaired) electrons. The molecule has 2 rings (SSSR count). The summed E-state index contributed by atoms with van der Waals surface area (Å²) in [7, 11) is 0. The molecule has 126 valence electrons. The molecular weight excluding hydrogens is 306 g/mol. The summed E-state index contributed by atoms with van der Waals surface area (Å²) in [5, 5.41) is 0. The van der Waals surface area contributed by atoms with Gasteiger partial charge in [-0.3, -0.25) is 25.4 Å². The number of pyridine rings is 1. The number of carbonyl (C=O) groups excluding carboxylic acids is 2. The molecule has 0 saturated heterocycles. The molecule has 0 aliphatic heterocycles. The Morgan fingerprint density at radius 2 is 1.83 bits per heavy atom. The molecule has 2 aromatic rings. The maximum absolute atomic E-state index is 11.8. The van der Waals surface area contributed by atoms with E-state index in [2.05, 4.69) is 36.6 Å². The average Bonchev–Trinajstić information content (AvgIpc) is 2.58. The van der Waals surface area contributed by atoms with Crippen LogP contribution in [0, 0.1) is 0 Å². The molecule has 0 spiro atoms. The van der Waals surface area contributed by atoms with E-state index in [1.165, 1.54) is 6.20 Å². The molecule has 24 heavy (non-hydrogen) atoms. The van der Waals surface area contributed by atoms with Crippen LogP contribution >= 0.6 is 0 Å². The molecule has 6 nitrogen and oxygen atoms in total. The third-order valence-electron chi connectivity index (χ3n) is 3.29. The number of carbonyl (C=O) groups is 2. The van der Waals surface area contributed by atoms with Crippen molar-refractivity contribution in [3.8, 4) is 5.75 Å². The van der Waals surface area contributed by atoms with Crippen LogP contribution < -0.4 is 15.6 Å². The number of hydrazine groups is 1. The topological polar surface area (TPSA) is 80.3 Å². The lowest BCUT2D eigenvalue weighted by Crippen LogP contribution is -2.43. The van der Waals surface area contributed by atoms with E-state index in [1.54, 1.807) is 18.3 Å². The number of hydrogen-bond acceptors (Lipinski definition) is 4. The van der Waals surface area contributed by atoms with Gasteiger partial charge in [-0.15, -0.1) is 0 Å². The van der Waals surface area contributed by atoms with Gasteiger partial charge in [-0.25, -0.2) is 0 Å². The Labute approximate surface area is 141 Å². The van der Waals surface area contributed by atoms with Gasteiger partial charge in [0.25, 0.3) is 11.8 Å². The second kappa shape index (κ2) is 7.59. The number of nitrogens with zero attached hydrogens (tertiary/aromatic N) is 1. The fourth-order valence-electron chi connectivity index (χ4n) is 2.09. The highest BCUT2D eigenvalue weighted by molar-refractivity contribution is 5.95. The van der Waals surface area contributed by atoms with Gasteiger partial charge in [0.15, 0.2) is 6.61 Å². The first kappa shape index (κ1) is 17.5. The van der Waals surface area contributed by atoms with Crippen molar-refractivity contribution < 1.29 is 14.3 Å². The Balaban J connectivity index is 1.87. The van der Waals surface area contributed by atoms with Crippen molar-refractivity contribution in [3.63, 3.8) is 0 Å². The van der Waals surface area contributed by atoms with Gasteiger partial charge < -0.3 is 4.74 Å². The highest BCUT2D eigenvalue weighted by Gasteiger charge is 2.19. The Hall–Kier alpha value is -2.89. The van der Waals surface area contributed by atoms with Crippen LogP contribution in [-0.4, -0.2) is 23.4 Å². The molecule has 0 unspecified atom stereocenters. The van der Waals surface area contributed by atoms with E-state index in [0.717, 1.165) is 5.56 Å². The molecule has 0 atom stereocenters. The first-order valence-corrected chi connectivity index (χ1v) is 7.59. The quantitative estimate of drug-likeness (QED) is 0.844. The minimum Gasteiger partial charge on any atom is -0.483 e. The summed E-state index contributed by atoms with van der Waals surface area (Å²) in [6.07, 6.45) is 2.98. The number of nitrogens with one attached hydrogen (secondary N) is 2. The summed E-state index contributed by atoms with van der Waals surface area (Å²) in [5.41, 5.74) is 5.91. The van der Waals surface area contributed by atoms with Crippen molar-refractivity contribution in [2.75, 3.05) is 6.61 Å². The fourth-order valence-corrected chi connectivity index (χ4v) is 2.09. The standard InChI is InChI=1S/C18H21N3O3/c1-18(2,3)14-8-4-5-9-15(14)24-12-16(22)20-21-17(23)13-7-6-10-19-11-13/h4-11H,12H2,1-3H3,(H,20,22)(H,21,23). The van der Waals surface area contributed by atoms with Crippen LogP contribution in [0.5, 0.6) is 5.75 Å². The third kappa shape index (κ3) is 4.81. The van der Waals surface area contributed by atoms with E-state index in [-0.39, 0.29) is 12.0 Å². The van der Waals surface area contributed by atoms with Crippen LogP contribution in [0.4, 0.5) is 0 Å². The second-order valence-corrected chi connectivity index (χ2v) is 6.28. The molecule has 1 aromatic carbocycles. The summed E-state index contributed by atoms with van der Waals surface area (Å²) in [6, 6.07) is 10.8. The summed E-state index contributed by atoms with van der Waals surface area (Å²) in [5.74, 6) is -0.235. The maximum Gasteiger partial charge on any atom is 0.276 e. The van der Waals surface area contributed by atoms with Gasteiger partial charge in [0, 0.05) is 12.4 Å². The summed E-state index contributed by atoms with van der Waals surface area (Å²) in [4.78, 5) is 27.5. The van der Waals surface area contributed by atoms with Gasteiger partial charge in [-0.05, 0) is 29.2 Å². The van der Waals surface area contributed by atoms with Gasteiger partial charge in [0.1, 0.15) is 5.75 Å². The highest BCUT2D eigenvalue weighted by Crippen LogP contribution is 2.30. The number of aromatic nitrogens is 1. The Kier molecular flexibility index (Phi) is 5.52. The van der Waals surface area contributed by atoms with E-state index in [4.69, 9.17) is 4.74 Å². The number of hydrogen-bond donors (Lipinski definition) is 2. The van der Waals surface area contributed by atoms with Crippen molar-refractivity contribution in [1.29, 1.82) is 0 Å². The molecule has 0 aliphatic carbocycles. The van der Waals surface area contributed by atoms with Gasteiger partial charge >= 0.3 is 0 Å². The number of benzene rings is 1. The predicted octanol–water partition coefficient (Wildman–Crippen LogP) is 2.22. The van der Waals surface area contributed by atoms with Crippen LogP contribution in [0.2, 0.25) is 0 Å². The lowest BCUT2D eigenvalue weighted by molar-refractivity contribution is -0.123. The zero-order valence-electron chi connectivity index (χ0n) is 14.0. The van der Waals surface area contributed by atoms with E-state index in [1.807, 2.05) is 24.3 Å². The van der Waals surface area contributed by atoms with Crippen LogP contribution in [0.3, 0.4) is 0 Å². The van der Waals surface area contributed by atoms with E-state index in [9.17, 15) is 9.59 Å². The number of rotatable bonds is 4. The van der Waals surface area contributed by atoms with Crippen LogP contribution in [0.1, 0.15) is 36.7 Å². The van der Waals surface area contributed by atoms with Crippen LogP contribution in [0.25, 0.3) is 0 Å². The molecule has 0 saturated carbocycles. The zero-order chi connectivity index (χ0) is 17.6. The molecule has 0 aliphatic rings. The second-order valence-electron chi connectivity index (χ2n) is 6.28. The van der Waals surface area contributed by atoms with Crippen molar-refractivity contribution in [2.45, 2.75) is 26.2 Å². The van der Waals surface area contributed by atoms with Gasteiger partial charge in [-0.2, -0.15) is 0 Å². The van der Waals surface area contributed by atoms with Crippen LogP contribution in [-0.2, 0) is 10.2 Å². The number of amides is 2. The SMILES string of the molecule is CC(C)(C)c1ccccc1OCC(=O)NNC(=O)c1cccnc1. The minimum absolute atomic E-state index is 0.0956. The largest absolute Gasteiger partial charge is 0.483 e. The molecular formula is C18H21N3O3. The monoisotopic (exact) mass is 327 g/mol. The molecule has 1 heterocycles. The average molecular weight is 327 g/mol. The van der Waals surface area contributed by atoms with E-state index < -0.39 is 11.8 Å². The zero-order valence-corrected chi connectivity index (χ0v) is 14.0. The van der Waals surface area contributed by atoms with E-state index in [0.29, 0.717) is 11.3 Å². The number of ether oxygens (including phenoxy) is 1. The van der Waals surface area contributed by atoms with Crippen LogP contribution in [0.15, 0.2) is 48.8 Å². The van der Waals surface area contributed by atoms with Crippen molar-refractivity contribution in [3.05, 3.63) is 59.9 Å². The first-order valence-electron chi connectivity index (χ1n) is 7.59.